The first-order chi connectivity index (χ1) is 35.0. The van der Waals surface area contributed by atoms with Gasteiger partial charge in [-0.25, -0.2) is 0 Å². The van der Waals surface area contributed by atoms with Gasteiger partial charge in [0.1, 0.15) is 13.2 Å². The van der Waals surface area contributed by atoms with Crippen molar-refractivity contribution in [3.63, 3.8) is 0 Å². The number of hydrogen-bond acceptors (Lipinski definition) is 6. The Labute approximate surface area is 438 Å². The van der Waals surface area contributed by atoms with Crippen LogP contribution in [0.2, 0.25) is 0 Å². The van der Waals surface area contributed by atoms with Crippen LogP contribution in [-0.2, 0) is 28.6 Å². The smallest absolute Gasteiger partial charge is 0.306 e. The van der Waals surface area contributed by atoms with Crippen LogP contribution in [0.25, 0.3) is 0 Å². The van der Waals surface area contributed by atoms with E-state index in [9.17, 15) is 14.4 Å². The van der Waals surface area contributed by atoms with Crippen LogP contribution in [-0.4, -0.2) is 37.2 Å². The monoisotopic (exact) mass is 985 g/mol. The lowest BCUT2D eigenvalue weighted by Crippen LogP contribution is -2.30. The van der Waals surface area contributed by atoms with E-state index in [2.05, 4.69) is 81.5 Å². The fourth-order valence-electron chi connectivity index (χ4n) is 8.00. The first-order valence-corrected chi connectivity index (χ1v) is 29.5. The number of carbonyl (C=O) groups is 3. The third-order valence-electron chi connectivity index (χ3n) is 12.4. The van der Waals surface area contributed by atoms with E-state index >= 15 is 0 Å². The largest absolute Gasteiger partial charge is 0.462 e. The van der Waals surface area contributed by atoms with Gasteiger partial charge in [-0.05, 0) is 96.3 Å². The van der Waals surface area contributed by atoms with Gasteiger partial charge in [-0.3, -0.25) is 14.4 Å². The summed E-state index contributed by atoms with van der Waals surface area (Å²) in [7, 11) is 0. The number of carbonyl (C=O) groups excluding carboxylic acids is 3. The zero-order chi connectivity index (χ0) is 51.4. The molecule has 71 heavy (non-hydrogen) atoms. The third kappa shape index (κ3) is 56.9. The molecule has 1 unspecified atom stereocenters. The van der Waals surface area contributed by atoms with E-state index < -0.39 is 6.10 Å². The van der Waals surface area contributed by atoms with E-state index in [1.165, 1.54) is 135 Å². The number of rotatable bonds is 52. The minimum Gasteiger partial charge on any atom is -0.462 e. The van der Waals surface area contributed by atoms with Gasteiger partial charge in [0.15, 0.2) is 6.10 Å². The van der Waals surface area contributed by atoms with Gasteiger partial charge in [-0.1, -0.05) is 259 Å². The van der Waals surface area contributed by atoms with Crippen LogP contribution in [0.15, 0.2) is 109 Å². The Morgan fingerprint density at radius 2 is 0.620 bits per heavy atom. The highest BCUT2D eigenvalue weighted by atomic mass is 16.6. The van der Waals surface area contributed by atoms with E-state index in [1.54, 1.807) is 0 Å². The Hall–Kier alpha value is -3.93. The lowest BCUT2D eigenvalue weighted by atomic mass is 10.1. The molecule has 0 aromatic carbocycles. The van der Waals surface area contributed by atoms with Crippen molar-refractivity contribution in [2.45, 2.75) is 271 Å². The van der Waals surface area contributed by atoms with Crippen LogP contribution in [0, 0.1) is 0 Å². The van der Waals surface area contributed by atoms with Crippen molar-refractivity contribution in [1.29, 1.82) is 0 Å². The maximum absolute atomic E-state index is 12.9. The topological polar surface area (TPSA) is 78.9 Å². The second-order valence-corrected chi connectivity index (χ2v) is 19.3. The Morgan fingerprint density at radius 1 is 0.310 bits per heavy atom. The summed E-state index contributed by atoms with van der Waals surface area (Å²) in [6, 6.07) is 0. The lowest BCUT2D eigenvalue weighted by Gasteiger charge is -2.18. The number of unbranched alkanes of at least 4 members (excludes halogenated alkanes) is 27. The van der Waals surface area contributed by atoms with Crippen molar-refractivity contribution in [2.24, 2.45) is 0 Å². The second-order valence-electron chi connectivity index (χ2n) is 19.3. The van der Waals surface area contributed by atoms with E-state index in [0.717, 1.165) is 89.9 Å². The minimum atomic E-state index is -0.803. The van der Waals surface area contributed by atoms with Crippen molar-refractivity contribution < 1.29 is 28.6 Å². The number of ether oxygens (including phenoxy) is 3. The molecule has 0 fully saturated rings. The quantitative estimate of drug-likeness (QED) is 0.0199. The average molecular weight is 986 g/mol. The maximum Gasteiger partial charge on any atom is 0.306 e. The molecule has 6 nitrogen and oxygen atoms in total. The lowest BCUT2D eigenvalue weighted by molar-refractivity contribution is -0.167. The Kier molecular flexibility index (Phi) is 55.4. The molecule has 0 saturated heterocycles. The van der Waals surface area contributed by atoms with E-state index in [-0.39, 0.29) is 31.1 Å². The highest BCUT2D eigenvalue weighted by molar-refractivity contribution is 5.71. The van der Waals surface area contributed by atoms with Crippen LogP contribution in [0.3, 0.4) is 0 Å². The summed E-state index contributed by atoms with van der Waals surface area (Å²) < 4.78 is 16.8. The predicted molar refractivity (Wildman–Crippen MR) is 307 cm³/mol. The summed E-state index contributed by atoms with van der Waals surface area (Å²) in [6.45, 7) is 6.35. The average Bonchev–Trinajstić information content (AvgIpc) is 3.37. The SMILES string of the molecule is CC\C=C/C=C\C=C/C=C\C=C/CCCCCC(=O)OCC(COC(=O)CCCCCCCCCCC/C=C\C/C=C\C/C=C\CC)OC(=O)CCCCCCCCC/C=C\CCCCCCCCCC. The zero-order valence-corrected chi connectivity index (χ0v) is 46.2. The molecule has 0 heterocycles. The van der Waals surface area contributed by atoms with E-state index in [1.807, 2.05) is 48.6 Å². The molecule has 404 valence electrons. The fourth-order valence-corrected chi connectivity index (χ4v) is 8.00. The first kappa shape index (κ1) is 67.1. The molecule has 0 aromatic heterocycles. The molecule has 0 aliphatic heterocycles. The molecule has 0 N–H and O–H groups in total. The van der Waals surface area contributed by atoms with E-state index in [4.69, 9.17) is 14.2 Å². The van der Waals surface area contributed by atoms with Gasteiger partial charge in [0.2, 0.25) is 0 Å². The normalized spacial score (nSPS) is 12.9. The molecule has 0 radical (unpaired) electrons. The fraction of sp³-hybridized carbons (Fsp3) is 0.677. The summed E-state index contributed by atoms with van der Waals surface area (Å²) in [5.74, 6) is -0.947. The summed E-state index contributed by atoms with van der Waals surface area (Å²) in [4.78, 5) is 38.2. The van der Waals surface area contributed by atoms with Crippen LogP contribution in [0.5, 0.6) is 0 Å². The Balaban J connectivity index is 4.45. The minimum absolute atomic E-state index is 0.0976. The molecule has 0 amide bonds. The van der Waals surface area contributed by atoms with Crippen LogP contribution in [0.1, 0.15) is 265 Å². The maximum atomic E-state index is 12.9. The molecule has 1 atom stereocenters. The van der Waals surface area contributed by atoms with Crippen molar-refractivity contribution >= 4 is 17.9 Å². The summed E-state index contributed by atoms with van der Waals surface area (Å²) in [6.07, 6.45) is 79.4. The predicted octanol–water partition coefficient (Wildman–Crippen LogP) is 19.9. The van der Waals surface area contributed by atoms with Crippen molar-refractivity contribution in [1.82, 2.24) is 0 Å². The Bertz CT molecular complexity index is 1460. The number of hydrogen-bond donors (Lipinski definition) is 0. The van der Waals surface area contributed by atoms with Gasteiger partial charge in [0.05, 0.1) is 0 Å². The molecule has 0 spiro atoms. The molecule has 6 heteroatoms. The van der Waals surface area contributed by atoms with Gasteiger partial charge >= 0.3 is 17.9 Å². The molecule has 0 bridgehead atoms. The highest BCUT2D eigenvalue weighted by Gasteiger charge is 2.19. The highest BCUT2D eigenvalue weighted by Crippen LogP contribution is 2.15. The van der Waals surface area contributed by atoms with Crippen LogP contribution < -0.4 is 0 Å². The van der Waals surface area contributed by atoms with Gasteiger partial charge < -0.3 is 14.2 Å². The number of esters is 3. The van der Waals surface area contributed by atoms with Crippen LogP contribution in [0.4, 0.5) is 0 Å². The molecule has 0 saturated carbocycles. The summed E-state index contributed by atoms with van der Waals surface area (Å²) in [5.41, 5.74) is 0. The molecular weight excluding hydrogens is 877 g/mol. The summed E-state index contributed by atoms with van der Waals surface area (Å²) in [5, 5.41) is 0. The molecule has 0 aliphatic rings. The third-order valence-corrected chi connectivity index (χ3v) is 12.4. The number of allylic oxidation sites excluding steroid dienone is 18. The van der Waals surface area contributed by atoms with Crippen LogP contribution >= 0.6 is 0 Å². The molecule has 0 aliphatic carbocycles. The van der Waals surface area contributed by atoms with Gasteiger partial charge in [0, 0.05) is 19.3 Å². The van der Waals surface area contributed by atoms with Gasteiger partial charge in [-0.2, -0.15) is 0 Å². The molecule has 0 aromatic rings. The van der Waals surface area contributed by atoms with Crippen molar-refractivity contribution in [3.05, 3.63) is 109 Å². The van der Waals surface area contributed by atoms with E-state index in [0.29, 0.717) is 19.3 Å². The van der Waals surface area contributed by atoms with Crippen molar-refractivity contribution in [2.75, 3.05) is 13.2 Å². The van der Waals surface area contributed by atoms with Crippen molar-refractivity contribution in [3.8, 4) is 0 Å². The zero-order valence-electron chi connectivity index (χ0n) is 46.2. The standard InChI is InChI=1S/C65H108O6/c1-4-7-10-13-16-19-22-25-28-30-32-34-37-40-43-46-49-52-55-58-64(67)70-61-62(60-69-63(66)57-54-51-48-45-42-39-36-27-24-21-18-15-12-9-6-3)71-65(68)59-56-53-50-47-44-41-38-35-33-31-29-26-23-20-17-14-11-8-5-2/h7,9-10,12,15-16,18-19,21,24-25,27-28,31,33,36,39,42,62H,4-6,8,11,13-14,17,20,22-23,26,29-30,32,34-35,37-38,40-41,43-61H2,1-3H3/b10-7-,12-9-,18-15-,19-16-,24-21-,28-25-,33-31-,36-27-,42-39-. The van der Waals surface area contributed by atoms with Gasteiger partial charge in [0.25, 0.3) is 0 Å². The Morgan fingerprint density at radius 3 is 1.06 bits per heavy atom. The molecule has 0 rings (SSSR count). The first-order valence-electron chi connectivity index (χ1n) is 29.5. The summed E-state index contributed by atoms with van der Waals surface area (Å²) >= 11 is 0. The molecular formula is C65H108O6. The second kappa shape index (κ2) is 58.6. The van der Waals surface area contributed by atoms with Gasteiger partial charge in [-0.15, -0.1) is 0 Å².